The van der Waals surface area contributed by atoms with Crippen LogP contribution in [0.4, 0.5) is 5.69 Å². The minimum atomic E-state index is -0.308. The third-order valence-corrected chi connectivity index (χ3v) is 3.09. The van der Waals surface area contributed by atoms with Crippen LogP contribution < -0.4 is 5.06 Å². The number of fused-ring (bicyclic) bond motifs is 1. The van der Waals surface area contributed by atoms with Crippen LogP contribution in [0.2, 0.25) is 0 Å². The molecule has 0 N–H and O–H groups in total. The van der Waals surface area contributed by atoms with Gasteiger partial charge in [-0.15, -0.1) is 0 Å². The SMILES string of the molecule is CCON1c2ccccc2C=CC1C(=O)CC(C)C. The van der Waals surface area contributed by atoms with Crippen LogP contribution >= 0.6 is 0 Å². The molecule has 1 aliphatic heterocycles. The molecule has 0 radical (unpaired) electrons. The van der Waals surface area contributed by atoms with Crippen molar-refractivity contribution < 1.29 is 9.63 Å². The molecule has 0 spiro atoms. The van der Waals surface area contributed by atoms with Crippen LogP contribution in [0.5, 0.6) is 0 Å². The molecule has 1 aliphatic rings. The smallest absolute Gasteiger partial charge is 0.161 e. The Hall–Kier alpha value is -1.61. The molecule has 0 saturated heterocycles. The number of rotatable bonds is 5. The first-order chi connectivity index (χ1) is 9.13. The fourth-order valence-electron chi connectivity index (χ4n) is 2.30. The standard InChI is InChI=1S/C16H21NO2/c1-4-19-17-14-8-6-5-7-13(14)9-10-15(17)16(18)11-12(2)3/h5-10,12,15H,4,11H2,1-3H3. The van der Waals surface area contributed by atoms with Crippen molar-refractivity contribution >= 4 is 17.5 Å². The van der Waals surface area contributed by atoms with Gasteiger partial charge in [-0.1, -0.05) is 44.2 Å². The summed E-state index contributed by atoms with van der Waals surface area (Å²) in [5.41, 5.74) is 2.05. The maximum absolute atomic E-state index is 12.3. The predicted molar refractivity (Wildman–Crippen MR) is 77.8 cm³/mol. The van der Waals surface area contributed by atoms with Gasteiger partial charge in [0.25, 0.3) is 0 Å². The van der Waals surface area contributed by atoms with E-state index in [1.54, 1.807) is 5.06 Å². The number of hydrogen-bond acceptors (Lipinski definition) is 3. The zero-order chi connectivity index (χ0) is 13.8. The van der Waals surface area contributed by atoms with Crippen molar-refractivity contribution in [3.05, 3.63) is 35.9 Å². The molecule has 1 unspecified atom stereocenters. The van der Waals surface area contributed by atoms with Crippen LogP contribution in [0.3, 0.4) is 0 Å². The van der Waals surface area contributed by atoms with E-state index in [0.717, 1.165) is 11.3 Å². The van der Waals surface area contributed by atoms with Crippen molar-refractivity contribution in [1.29, 1.82) is 0 Å². The first-order valence-corrected chi connectivity index (χ1v) is 6.85. The largest absolute Gasteiger partial charge is 0.297 e. The summed E-state index contributed by atoms with van der Waals surface area (Å²) in [4.78, 5) is 18.0. The number of ketones is 1. The fraction of sp³-hybridized carbons (Fsp3) is 0.438. The Labute approximate surface area is 114 Å². The zero-order valence-corrected chi connectivity index (χ0v) is 11.8. The van der Waals surface area contributed by atoms with E-state index in [1.165, 1.54) is 0 Å². The van der Waals surface area contributed by atoms with Gasteiger partial charge in [0.15, 0.2) is 5.78 Å². The zero-order valence-electron chi connectivity index (χ0n) is 11.8. The first kappa shape index (κ1) is 13.8. The second-order valence-corrected chi connectivity index (χ2v) is 5.17. The number of carbonyl (C=O) groups is 1. The van der Waals surface area contributed by atoms with Crippen molar-refractivity contribution in [2.45, 2.75) is 33.2 Å². The third kappa shape index (κ3) is 3.04. The number of nitrogens with zero attached hydrogens (tertiary/aromatic N) is 1. The quantitative estimate of drug-likeness (QED) is 0.811. The maximum atomic E-state index is 12.3. The van der Waals surface area contributed by atoms with E-state index in [-0.39, 0.29) is 11.8 Å². The Morgan fingerprint density at radius 2 is 2.11 bits per heavy atom. The van der Waals surface area contributed by atoms with Gasteiger partial charge in [-0.25, -0.2) is 5.06 Å². The van der Waals surface area contributed by atoms with E-state index in [2.05, 4.69) is 13.8 Å². The number of hydroxylamine groups is 1. The van der Waals surface area contributed by atoms with Crippen LogP contribution in [0.25, 0.3) is 6.08 Å². The maximum Gasteiger partial charge on any atom is 0.161 e. The van der Waals surface area contributed by atoms with Crippen LogP contribution in [0.1, 0.15) is 32.8 Å². The molecule has 1 aromatic rings. The Balaban J connectivity index is 2.28. The van der Waals surface area contributed by atoms with E-state index in [9.17, 15) is 4.79 Å². The van der Waals surface area contributed by atoms with Crippen LogP contribution in [-0.2, 0) is 9.63 Å². The van der Waals surface area contributed by atoms with E-state index >= 15 is 0 Å². The summed E-state index contributed by atoms with van der Waals surface area (Å²) < 4.78 is 0. The molecule has 0 saturated carbocycles. The Kier molecular flexibility index (Phi) is 4.38. The molecule has 0 fully saturated rings. The third-order valence-electron chi connectivity index (χ3n) is 3.09. The highest BCUT2D eigenvalue weighted by Crippen LogP contribution is 2.30. The fourth-order valence-corrected chi connectivity index (χ4v) is 2.30. The van der Waals surface area contributed by atoms with E-state index < -0.39 is 0 Å². The van der Waals surface area contributed by atoms with Gasteiger partial charge in [0.1, 0.15) is 6.04 Å². The number of carbonyl (C=O) groups excluding carboxylic acids is 1. The number of benzene rings is 1. The number of anilines is 1. The van der Waals surface area contributed by atoms with E-state index in [1.807, 2.05) is 43.3 Å². The summed E-state index contributed by atoms with van der Waals surface area (Å²) in [7, 11) is 0. The molecule has 0 bridgehead atoms. The minimum absolute atomic E-state index is 0.203. The Morgan fingerprint density at radius 3 is 2.79 bits per heavy atom. The first-order valence-electron chi connectivity index (χ1n) is 6.85. The summed E-state index contributed by atoms with van der Waals surface area (Å²) in [5, 5.41) is 1.75. The molecule has 1 atom stereocenters. The second-order valence-electron chi connectivity index (χ2n) is 5.17. The summed E-state index contributed by atoms with van der Waals surface area (Å²) in [6.45, 7) is 6.60. The highest BCUT2D eigenvalue weighted by atomic mass is 16.7. The average Bonchev–Trinajstić information content (AvgIpc) is 2.38. The summed E-state index contributed by atoms with van der Waals surface area (Å²) in [6, 6.07) is 7.67. The van der Waals surface area contributed by atoms with Gasteiger partial charge in [-0.3, -0.25) is 9.63 Å². The van der Waals surface area contributed by atoms with Crippen molar-refractivity contribution in [3.8, 4) is 0 Å². The molecule has 0 amide bonds. The molecular formula is C16H21NO2. The molecule has 0 aliphatic carbocycles. The molecule has 1 heterocycles. The molecule has 0 aromatic heterocycles. The molecule has 102 valence electrons. The summed E-state index contributed by atoms with van der Waals surface area (Å²) >= 11 is 0. The highest BCUT2D eigenvalue weighted by Gasteiger charge is 2.28. The highest BCUT2D eigenvalue weighted by molar-refractivity contribution is 5.92. The lowest BCUT2D eigenvalue weighted by Crippen LogP contribution is -2.42. The molecule has 2 rings (SSSR count). The van der Waals surface area contributed by atoms with Gasteiger partial charge in [0, 0.05) is 6.42 Å². The summed E-state index contributed by atoms with van der Waals surface area (Å²) in [6.07, 6.45) is 4.51. The van der Waals surface area contributed by atoms with Crippen LogP contribution in [-0.4, -0.2) is 18.4 Å². The van der Waals surface area contributed by atoms with Gasteiger partial charge in [0.05, 0.1) is 12.3 Å². The molecule has 19 heavy (non-hydrogen) atoms. The normalized spacial score (nSPS) is 17.7. The number of para-hydroxylation sites is 1. The topological polar surface area (TPSA) is 29.5 Å². The molecule has 3 heteroatoms. The second kappa shape index (κ2) is 6.02. The molecule has 1 aromatic carbocycles. The predicted octanol–water partition coefficient (Wildman–Crippen LogP) is 3.46. The van der Waals surface area contributed by atoms with Crippen molar-refractivity contribution in [2.24, 2.45) is 5.92 Å². The van der Waals surface area contributed by atoms with Gasteiger partial charge in [-0.2, -0.15) is 0 Å². The van der Waals surface area contributed by atoms with Crippen LogP contribution in [0.15, 0.2) is 30.3 Å². The van der Waals surface area contributed by atoms with Gasteiger partial charge in [-0.05, 0) is 24.5 Å². The van der Waals surface area contributed by atoms with Crippen LogP contribution in [0, 0.1) is 5.92 Å². The van der Waals surface area contributed by atoms with Gasteiger partial charge >= 0.3 is 0 Å². The Bertz CT molecular complexity index is 479. The van der Waals surface area contributed by atoms with Gasteiger partial charge in [0.2, 0.25) is 0 Å². The minimum Gasteiger partial charge on any atom is -0.297 e. The number of hydrogen-bond donors (Lipinski definition) is 0. The lowest BCUT2D eigenvalue weighted by Gasteiger charge is -2.33. The molecule has 3 nitrogen and oxygen atoms in total. The lowest BCUT2D eigenvalue weighted by molar-refractivity contribution is -0.121. The van der Waals surface area contributed by atoms with Crippen molar-refractivity contribution in [1.82, 2.24) is 0 Å². The average molecular weight is 259 g/mol. The Morgan fingerprint density at radius 1 is 1.37 bits per heavy atom. The van der Waals surface area contributed by atoms with Crippen molar-refractivity contribution in [2.75, 3.05) is 11.7 Å². The van der Waals surface area contributed by atoms with E-state index in [0.29, 0.717) is 18.9 Å². The van der Waals surface area contributed by atoms with E-state index in [4.69, 9.17) is 4.84 Å². The van der Waals surface area contributed by atoms with Crippen molar-refractivity contribution in [3.63, 3.8) is 0 Å². The number of Topliss-reactive ketones (excluding diaryl/α,β-unsaturated/α-hetero) is 1. The molecular weight excluding hydrogens is 238 g/mol. The summed E-state index contributed by atoms with van der Waals surface area (Å²) in [5.74, 6) is 0.566. The lowest BCUT2D eigenvalue weighted by atomic mass is 9.97. The monoisotopic (exact) mass is 259 g/mol. The van der Waals surface area contributed by atoms with Gasteiger partial charge < -0.3 is 0 Å².